The number of amides is 1. The zero-order valence-corrected chi connectivity index (χ0v) is 11.7. The molecular weight excluding hydrogens is 276 g/mol. The SMILES string of the molecule is CCN(Cc1ccc2c(c1)OCO2)C(=O)[C@H]1C[C@H]1[N+](=O)[O-]. The highest BCUT2D eigenvalue weighted by molar-refractivity contribution is 5.82. The van der Waals surface area contributed by atoms with Crippen LogP contribution in [0, 0.1) is 16.0 Å². The molecule has 1 amide bonds. The van der Waals surface area contributed by atoms with Gasteiger partial charge in [0.05, 0.1) is 0 Å². The number of carbonyl (C=O) groups is 1. The summed E-state index contributed by atoms with van der Waals surface area (Å²) in [6.07, 6.45) is 0.351. The van der Waals surface area contributed by atoms with Gasteiger partial charge in [0.15, 0.2) is 11.5 Å². The summed E-state index contributed by atoms with van der Waals surface area (Å²) in [5.41, 5.74) is 0.924. The van der Waals surface area contributed by atoms with Crippen LogP contribution in [-0.2, 0) is 11.3 Å². The molecule has 3 rings (SSSR count). The Morgan fingerprint density at radius 1 is 1.43 bits per heavy atom. The molecule has 1 aromatic carbocycles. The third-order valence-corrected chi connectivity index (χ3v) is 3.85. The molecule has 21 heavy (non-hydrogen) atoms. The van der Waals surface area contributed by atoms with Crippen LogP contribution in [0.25, 0.3) is 0 Å². The molecule has 1 aliphatic carbocycles. The van der Waals surface area contributed by atoms with E-state index in [1.807, 2.05) is 25.1 Å². The van der Waals surface area contributed by atoms with Crippen LogP contribution in [0.2, 0.25) is 0 Å². The first kappa shape index (κ1) is 13.7. The first-order valence-corrected chi connectivity index (χ1v) is 6.91. The van der Waals surface area contributed by atoms with E-state index in [1.54, 1.807) is 4.90 Å². The molecule has 0 bridgehead atoms. The van der Waals surface area contributed by atoms with Gasteiger partial charge in [-0.2, -0.15) is 0 Å². The van der Waals surface area contributed by atoms with Gasteiger partial charge in [0, 0.05) is 24.4 Å². The molecule has 1 aliphatic heterocycles. The van der Waals surface area contributed by atoms with Crippen LogP contribution in [-0.4, -0.2) is 35.1 Å². The third kappa shape index (κ3) is 2.63. The molecule has 0 spiro atoms. The Morgan fingerprint density at radius 3 is 2.86 bits per heavy atom. The van der Waals surface area contributed by atoms with Crippen LogP contribution in [0.15, 0.2) is 18.2 Å². The van der Waals surface area contributed by atoms with Crippen LogP contribution in [0.3, 0.4) is 0 Å². The van der Waals surface area contributed by atoms with Gasteiger partial charge in [-0.1, -0.05) is 6.07 Å². The zero-order chi connectivity index (χ0) is 15.0. The summed E-state index contributed by atoms with van der Waals surface area (Å²) in [7, 11) is 0. The second kappa shape index (κ2) is 5.23. The van der Waals surface area contributed by atoms with E-state index in [2.05, 4.69) is 0 Å². The molecule has 0 radical (unpaired) electrons. The average Bonchev–Trinajstić information content (AvgIpc) is 3.15. The van der Waals surface area contributed by atoms with E-state index in [4.69, 9.17) is 9.47 Å². The van der Waals surface area contributed by atoms with E-state index >= 15 is 0 Å². The van der Waals surface area contributed by atoms with Gasteiger partial charge in [-0.15, -0.1) is 0 Å². The van der Waals surface area contributed by atoms with Crippen LogP contribution < -0.4 is 9.47 Å². The monoisotopic (exact) mass is 292 g/mol. The molecule has 7 heteroatoms. The number of hydrogen-bond donors (Lipinski definition) is 0. The van der Waals surface area contributed by atoms with Crippen LogP contribution in [0.4, 0.5) is 0 Å². The van der Waals surface area contributed by atoms with Crippen LogP contribution in [0.1, 0.15) is 18.9 Å². The maximum Gasteiger partial charge on any atom is 0.233 e. The molecule has 112 valence electrons. The van der Waals surface area contributed by atoms with Gasteiger partial charge >= 0.3 is 0 Å². The molecule has 2 aliphatic rings. The maximum atomic E-state index is 12.3. The molecule has 1 aromatic rings. The third-order valence-electron chi connectivity index (χ3n) is 3.85. The normalized spacial score (nSPS) is 22.0. The highest BCUT2D eigenvalue weighted by atomic mass is 16.7. The smallest absolute Gasteiger partial charge is 0.233 e. The summed E-state index contributed by atoms with van der Waals surface area (Å²) >= 11 is 0. The van der Waals surface area contributed by atoms with E-state index in [0.717, 1.165) is 5.56 Å². The largest absolute Gasteiger partial charge is 0.454 e. The predicted molar refractivity (Wildman–Crippen MR) is 72.5 cm³/mol. The number of carbonyl (C=O) groups excluding carboxylic acids is 1. The quantitative estimate of drug-likeness (QED) is 0.605. The number of hydrogen-bond acceptors (Lipinski definition) is 5. The number of ether oxygens (including phenoxy) is 2. The minimum atomic E-state index is -0.705. The molecular formula is C14H16N2O5. The molecule has 7 nitrogen and oxygen atoms in total. The van der Waals surface area contributed by atoms with Crippen molar-refractivity contribution < 1.29 is 19.2 Å². The second-order valence-corrected chi connectivity index (χ2v) is 5.23. The van der Waals surface area contributed by atoms with Crippen molar-refractivity contribution in [1.29, 1.82) is 0 Å². The van der Waals surface area contributed by atoms with Crippen molar-refractivity contribution in [2.24, 2.45) is 5.92 Å². The Labute approximate surface area is 121 Å². The van der Waals surface area contributed by atoms with E-state index in [9.17, 15) is 14.9 Å². The minimum Gasteiger partial charge on any atom is -0.454 e. The predicted octanol–water partition coefficient (Wildman–Crippen LogP) is 1.43. The lowest BCUT2D eigenvalue weighted by Gasteiger charge is -2.20. The molecule has 2 atom stereocenters. The Hall–Kier alpha value is -2.31. The lowest BCUT2D eigenvalue weighted by molar-refractivity contribution is -0.497. The van der Waals surface area contributed by atoms with Crippen molar-refractivity contribution in [1.82, 2.24) is 4.90 Å². The summed E-state index contributed by atoms with van der Waals surface area (Å²) in [6.45, 7) is 3.03. The number of nitro groups is 1. The number of benzene rings is 1. The summed E-state index contributed by atoms with van der Waals surface area (Å²) in [5.74, 6) is 0.764. The summed E-state index contributed by atoms with van der Waals surface area (Å²) in [6, 6.07) is 4.83. The fourth-order valence-electron chi connectivity index (χ4n) is 2.52. The Balaban J connectivity index is 1.67. The van der Waals surface area contributed by atoms with Crippen molar-refractivity contribution in [3.8, 4) is 11.5 Å². The Kier molecular flexibility index (Phi) is 3.40. The van der Waals surface area contributed by atoms with Crippen molar-refractivity contribution in [3.05, 3.63) is 33.9 Å². The highest BCUT2D eigenvalue weighted by Crippen LogP contribution is 2.36. The summed E-state index contributed by atoms with van der Waals surface area (Å²) < 4.78 is 10.6. The Bertz CT molecular complexity index is 589. The topological polar surface area (TPSA) is 81.9 Å². The summed E-state index contributed by atoms with van der Waals surface area (Å²) in [5, 5.41) is 10.7. The van der Waals surface area contributed by atoms with Gasteiger partial charge < -0.3 is 14.4 Å². The number of rotatable bonds is 5. The molecule has 0 N–H and O–H groups in total. The van der Waals surface area contributed by atoms with Crippen LogP contribution >= 0.6 is 0 Å². The maximum absolute atomic E-state index is 12.3. The van der Waals surface area contributed by atoms with Gasteiger partial charge in [-0.3, -0.25) is 14.9 Å². The lowest BCUT2D eigenvalue weighted by Crippen LogP contribution is -2.33. The molecule has 1 fully saturated rings. The van der Waals surface area contributed by atoms with Gasteiger partial charge in [0.25, 0.3) is 0 Å². The standard InChI is InChI=1S/C14H16N2O5/c1-2-15(14(17)10-6-11(10)16(18)19)7-9-3-4-12-13(5-9)21-8-20-12/h3-5,10-11H,2,6-8H2,1H3/t10-,11+/m0/s1. The van der Waals surface area contributed by atoms with Gasteiger partial charge in [-0.25, -0.2) is 0 Å². The van der Waals surface area contributed by atoms with Crippen LogP contribution in [0.5, 0.6) is 11.5 Å². The fourth-order valence-corrected chi connectivity index (χ4v) is 2.52. The van der Waals surface area contributed by atoms with Gasteiger partial charge in [0.1, 0.15) is 5.92 Å². The van der Waals surface area contributed by atoms with Crippen molar-refractivity contribution in [3.63, 3.8) is 0 Å². The van der Waals surface area contributed by atoms with E-state index in [-0.39, 0.29) is 17.6 Å². The molecule has 0 saturated heterocycles. The fraction of sp³-hybridized carbons (Fsp3) is 0.500. The van der Waals surface area contributed by atoms with E-state index in [0.29, 0.717) is 31.0 Å². The van der Waals surface area contributed by atoms with Crippen molar-refractivity contribution in [2.45, 2.75) is 25.9 Å². The Morgan fingerprint density at radius 2 is 2.19 bits per heavy atom. The molecule has 1 saturated carbocycles. The highest BCUT2D eigenvalue weighted by Gasteiger charge is 2.54. The first-order chi connectivity index (χ1) is 10.1. The van der Waals surface area contributed by atoms with Crippen molar-refractivity contribution >= 4 is 5.91 Å². The van der Waals surface area contributed by atoms with E-state index < -0.39 is 12.0 Å². The van der Waals surface area contributed by atoms with Gasteiger partial charge in [-0.05, 0) is 24.6 Å². The first-order valence-electron chi connectivity index (χ1n) is 6.91. The lowest BCUT2D eigenvalue weighted by atomic mass is 10.1. The number of nitrogens with zero attached hydrogens (tertiary/aromatic N) is 2. The zero-order valence-electron chi connectivity index (χ0n) is 11.7. The minimum absolute atomic E-state index is 0.142. The summed E-state index contributed by atoms with van der Waals surface area (Å²) in [4.78, 5) is 24.2. The van der Waals surface area contributed by atoms with Crippen molar-refractivity contribution in [2.75, 3.05) is 13.3 Å². The molecule has 0 aromatic heterocycles. The van der Waals surface area contributed by atoms with Gasteiger partial charge in [0.2, 0.25) is 18.7 Å². The second-order valence-electron chi connectivity index (χ2n) is 5.23. The average molecular weight is 292 g/mol. The number of fused-ring (bicyclic) bond motifs is 1. The van der Waals surface area contributed by atoms with E-state index in [1.165, 1.54) is 0 Å². The molecule has 1 heterocycles. The molecule has 0 unspecified atom stereocenters.